The summed E-state index contributed by atoms with van der Waals surface area (Å²) in [6, 6.07) is 5.93. The lowest BCUT2D eigenvalue weighted by Gasteiger charge is -2.24. The highest BCUT2D eigenvalue weighted by atomic mass is 19.4. The van der Waals surface area contributed by atoms with Crippen molar-refractivity contribution in [2.24, 2.45) is 11.7 Å². The fourth-order valence-corrected chi connectivity index (χ4v) is 4.03. The predicted octanol–water partition coefficient (Wildman–Crippen LogP) is 2.84. The highest BCUT2D eigenvalue weighted by molar-refractivity contribution is 5.35. The van der Waals surface area contributed by atoms with E-state index in [1.807, 2.05) is 7.05 Å². The number of fused-ring (bicyclic) bond motifs is 1. The van der Waals surface area contributed by atoms with Gasteiger partial charge in [0.2, 0.25) is 0 Å². The van der Waals surface area contributed by atoms with Crippen LogP contribution in [0.3, 0.4) is 0 Å². The van der Waals surface area contributed by atoms with Crippen LogP contribution in [0.4, 0.5) is 13.2 Å². The minimum Gasteiger partial charge on any atom is -0.324 e. The zero-order valence-corrected chi connectivity index (χ0v) is 11.5. The van der Waals surface area contributed by atoms with Gasteiger partial charge in [-0.05, 0) is 43.4 Å². The Morgan fingerprint density at radius 1 is 1.30 bits per heavy atom. The topological polar surface area (TPSA) is 29.3 Å². The van der Waals surface area contributed by atoms with Crippen molar-refractivity contribution < 1.29 is 13.2 Å². The third-order valence-electron chi connectivity index (χ3n) is 4.81. The van der Waals surface area contributed by atoms with E-state index in [2.05, 4.69) is 4.90 Å². The molecule has 5 heteroatoms. The van der Waals surface area contributed by atoms with Gasteiger partial charge in [0.05, 0.1) is 5.56 Å². The van der Waals surface area contributed by atoms with Gasteiger partial charge in [0.25, 0.3) is 0 Å². The van der Waals surface area contributed by atoms with Gasteiger partial charge < -0.3 is 10.6 Å². The van der Waals surface area contributed by atoms with Crippen LogP contribution in [0, 0.1) is 5.92 Å². The van der Waals surface area contributed by atoms with Crippen LogP contribution in [0.15, 0.2) is 24.3 Å². The van der Waals surface area contributed by atoms with Crippen molar-refractivity contribution in [2.75, 3.05) is 20.1 Å². The highest BCUT2D eigenvalue weighted by Crippen LogP contribution is 2.49. The molecule has 2 N–H and O–H groups in total. The van der Waals surface area contributed by atoms with Crippen LogP contribution in [-0.4, -0.2) is 30.6 Å². The van der Waals surface area contributed by atoms with Crippen molar-refractivity contribution in [3.8, 4) is 0 Å². The molecule has 3 rings (SSSR count). The quantitative estimate of drug-likeness (QED) is 0.859. The summed E-state index contributed by atoms with van der Waals surface area (Å²) in [4.78, 5) is 2.18. The summed E-state index contributed by atoms with van der Waals surface area (Å²) in [5, 5.41) is 0. The van der Waals surface area contributed by atoms with Gasteiger partial charge in [-0.2, -0.15) is 13.2 Å². The first-order valence-electron chi connectivity index (χ1n) is 6.93. The fourth-order valence-electron chi connectivity index (χ4n) is 4.03. The van der Waals surface area contributed by atoms with Gasteiger partial charge in [-0.3, -0.25) is 0 Å². The molecular weight excluding hydrogens is 265 g/mol. The number of hydrogen-bond donors (Lipinski definition) is 1. The van der Waals surface area contributed by atoms with E-state index in [9.17, 15) is 13.2 Å². The molecule has 0 spiro atoms. The third kappa shape index (κ3) is 2.23. The van der Waals surface area contributed by atoms with Gasteiger partial charge in [0, 0.05) is 18.6 Å². The van der Waals surface area contributed by atoms with E-state index in [1.54, 1.807) is 12.1 Å². The van der Waals surface area contributed by atoms with Crippen LogP contribution in [0.1, 0.15) is 29.9 Å². The molecule has 0 amide bonds. The summed E-state index contributed by atoms with van der Waals surface area (Å²) < 4.78 is 39.3. The maximum absolute atomic E-state index is 13.1. The average molecular weight is 284 g/mol. The molecule has 2 fully saturated rings. The third-order valence-corrected chi connectivity index (χ3v) is 4.81. The number of likely N-dealkylation sites (tertiary alicyclic amines) is 1. The van der Waals surface area contributed by atoms with Crippen molar-refractivity contribution in [1.82, 2.24) is 4.90 Å². The summed E-state index contributed by atoms with van der Waals surface area (Å²) in [5.74, 6) is 0.232. The van der Waals surface area contributed by atoms with Crippen molar-refractivity contribution in [3.63, 3.8) is 0 Å². The van der Waals surface area contributed by atoms with E-state index in [0.29, 0.717) is 17.9 Å². The van der Waals surface area contributed by atoms with Gasteiger partial charge in [0.15, 0.2) is 0 Å². The molecule has 1 saturated heterocycles. The van der Waals surface area contributed by atoms with E-state index >= 15 is 0 Å². The maximum Gasteiger partial charge on any atom is 0.416 e. The summed E-state index contributed by atoms with van der Waals surface area (Å²) in [6.07, 6.45) is -2.88. The molecule has 1 aromatic carbocycles. The molecule has 0 aromatic heterocycles. The molecule has 2 nitrogen and oxygen atoms in total. The first-order chi connectivity index (χ1) is 9.29. The lowest BCUT2D eigenvalue weighted by molar-refractivity contribution is -0.138. The van der Waals surface area contributed by atoms with Gasteiger partial charge in [0.1, 0.15) is 0 Å². The second kappa shape index (κ2) is 4.46. The Labute approximate surface area is 116 Å². The van der Waals surface area contributed by atoms with Gasteiger partial charge in [-0.25, -0.2) is 0 Å². The van der Waals surface area contributed by atoms with E-state index in [0.717, 1.165) is 19.5 Å². The standard InChI is InChI=1S/C15H19F3N2/c1-20-8-11-6-10(7-14(11,19)9-20)12-4-2-3-5-13(12)15(16,17)18/h2-5,10-11H,6-9,19H2,1H3/t10?,11-,14-/m1/s1. The zero-order valence-electron chi connectivity index (χ0n) is 11.5. The predicted molar refractivity (Wildman–Crippen MR) is 71.3 cm³/mol. The van der Waals surface area contributed by atoms with Crippen molar-refractivity contribution in [1.29, 1.82) is 0 Å². The van der Waals surface area contributed by atoms with Crippen LogP contribution < -0.4 is 5.73 Å². The number of nitrogens with two attached hydrogens (primary N) is 1. The van der Waals surface area contributed by atoms with E-state index in [1.165, 1.54) is 12.1 Å². The Morgan fingerprint density at radius 3 is 2.65 bits per heavy atom. The van der Waals surface area contributed by atoms with Crippen molar-refractivity contribution in [2.45, 2.75) is 30.5 Å². The molecule has 0 bridgehead atoms. The van der Waals surface area contributed by atoms with Crippen LogP contribution in [0.5, 0.6) is 0 Å². The first-order valence-corrected chi connectivity index (χ1v) is 6.93. The first kappa shape index (κ1) is 13.9. The Kier molecular flexibility index (Phi) is 3.10. The molecule has 1 saturated carbocycles. The highest BCUT2D eigenvalue weighted by Gasteiger charge is 2.50. The van der Waals surface area contributed by atoms with Gasteiger partial charge in [-0.15, -0.1) is 0 Å². The Bertz CT molecular complexity index is 514. The number of hydrogen-bond acceptors (Lipinski definition) is 2. The monoisotopic (exact) mass is 284 g/mol. The largest absolute Gasteiger partial charge is 0.416 e. The molecule has 0 radical (unpaired) electrons. The van der Waals surface area contributed by atoms with Crippen LogP contribution >= 0.6 is 0 Å². The second-order valence-corrected chi connectivity index (χ2v) is 6.35. The van der Waals surface area contributed by atoms with Crippen molar-refractivity contribution >= 4 is 0 Å². The smallest absolute Gasteiger partial charge is 0.324 e. The number of benzene rings is 1. The molecule has 1 unspecified atom stereocenters. The molecule has 20 heavy (non-hydrogen) atoms. The lowest BCUT2D eigenvalue weighted by Crippen LogP contribution is -2.44. The SMILES string of the molecule is CN1C[C@H]2CC(c3ccccc3C(F)(F)F)C[C@@]2(N)C1. The number of likely N-dealkylation sites (N-methyl/N-ethyl adjacent to an activating group) is 1. The van der Waals surface area contributed by atoms with Crippen molar-refractivity contribution in [3.05, 3.63) is 35.4 Å². The minimum absolute atomic E-state index is 0.0727. The molecule has 1 aliphatic heterocycles. The Hall–Kier alpha value is -1.07. The maximum atomic E-state index is 13.1. The minimum atomic E-state index is -4.28. The zero-order chi connectivity index (χ0) is 14.5. The molecule has 3 atom stereocenters. The average Bonchev–Trinajstić information content (AvgIpc) is 2.78. The normalized spacial score (nSPS) is 34.5. The van der Waals surface area contributed by atoms with E-state index < -0.39 is 11.7 Å². The Balaban J connectivity index is 1.90. The molecule has 1 aliphatic carbocycles. The fraction of sp³-hybridized carbons (Fsp3) is 0.600. The van der Waals surface area contributed by atoms with Crippen LogP contribution in [-0.2, 0) is 6.18 Å². The van der Waals surface area contributed by atoms with Gasteiger partial charge in [-0.1, -0.05) is 18.2 Å². The molecule has 2 aliphatic rings. The summed E-state index contributed by atoms with van der Waals surface area (Å²) in [7, 11) is 2.02. The lowest BCUT2D eigenvalue weighted by atomic mass is 9.90. The van der Waals surface area contributed by atoms with Gasteiger partial charge >= 0.3 is 6.18 Å². The second-order valence-electron chi connectivity index (χ2n) is 6.35. The van der Waals surface area contributed by atoms with E-state index in [4.69, 9.17) is 5.73 Å². The van der Waals surface area contributed by atoms with Crippen LogP contribution in [0.2, 0.25) is 0 Å². The summed E-state index contributed by atoms with van der Waals surface area (Å²) in [5.41, 5.74) is 6.02. The number of alkyl halides is 3. The molecule has 1 heterocycles. The van der Waals surface area contributed by atoms with Crippen LogP contribution in [0.25, 0.3) is 0 Å². The molecule has 110 valence electrons. The van der Waals surface area contributed by atoms with E-state index in [-0.39, 0.29) is 11.5 Å². The molecular formula is C15H19F3N2. The summed E-state index contributed by atoms with van der Waals surface area (Å²) in [6.45, 7) is 1.67. The molecule has 1 aromatic rings. The Morgan fingerprint density at radius 2 is 2.00 bits per heavy atom. The number of rotatable bonds is 1. The number of halogens is 3. The number of nitrogens with zero attached hydrogens (tertiary/aromatic N) is 1. The summed E-state index contributed by atoms with van der Waals surface area (Å²) >= 11 is 0.